The monoisotopic (exact) mass is 264 g/mol. The van der Waals surface area contributed by atoms with E-state index in [2.05, 4.69) is 5.10 Å². The van der Waals surface area contributed by atoms with Crippen LogP contribution in [0.25, 0.3) is 5.69 Å². The summed E-state index contributed by atoms with van der Waals surface area (Å²) >= 11 is 6.10. The van der Waals surface area contributed by atoms with Gasteiger partial charge in [0.15, 0.2) is 0 Å². The lowest BCUT2D eigenvalue weighted by molar-refractivity contribution is 0.824. The predicted octanol–water partition coefficient (Wildman–Crippen LogP) is 3.56. The van der Waals surface area contributed by atoms with Crippen molar-refractivity contribution in [3.05, 3.63) is 50.4 Å². The number of H-pyrrole nitrogens is 1. The highest BCUT2D eigenvalue weighted by atomic mass is 35.5. The molecule has 1 aromatic carbocycles. The van der Waals surface area contributed by atoms with Crippen LogP contribution >= 0.6 is 11.6 Å². The van der Waals surface area contributed by atoms with E-state index in [4.69, 9.17) is 11.6 Å². The second-order valence-electron chi connectivity index (χ2n) is 4.88. The van der Waals surface area contributed by atoms with Crippen LogP contribution in [-0.4, -0.2) is 9.78 Å². The molecule has 0 atom stereocenters. The maximum absolute atomic E-state index is 12.3. The summed E-state index contributed by atoms with van der Waals surface area (Å²) in [4.78, 5) is 12.3. The van der Waals surface area contributed by atoms with Crippen LogP contribution in [0.15, 0.2) is 23.0 Å². The van der Waals surface area contributed by atoms with Gasteiger partial charge in [-0.3, -0.25) is 9.89 Å². The van der Waals surface area contributed by atoms with E-state index in [-0.39, 0.29) is 11.5 Å². The SMILES string of the molecule is Cc1ccc(-n2[nH]c(C)c(C(C)C)c2=O)cc1Cl. The Balaban J connectivity index is 2.62. The Morgan fingerprint density at radius 3 is 2.44 bits per heavy atom. The number of rotatable bonds is 2. The zero-order chi connectivity index (χ0) is 13.4. The van der Waals surface area contributed by atoms with Crippen LogP contribution < -0.4 is 5.56 Å². The van der Waals surface area contributed by atoms with Crippen molar-refractivity contribution in [2.75, 3.05) is 0 Å². The highest BCUT2D eigenvalue weighted by Gasteiger charge is 2.15. The lowest BCUT2D eigenvalue weighted by Gasteiger charge is -2.04. The lowest BCUT2D eigenvalue weighted by Crippen LogP contribution is -2.18. The van der Waals surface area contributed by atoms with Gasteiger partial charge in [-0.2, -0.15) is 0 Å². The van der Waals surface area contributed by atoms with Gasteiger partial charge in [0.25, 0.3) is 5.56 Å². The molecular formula is C14H17ClN2O. The molecule has 0 fully saturated rings. The Morgan fingerprint density at radius 2 is 1.94 bits per heavy atom. The molecule has 0 saturated carbocycles. The molecule has 0 bridgehead atoms. The van der Waals surface area contributed by atoms with Crippen LogP contribution in [0, 0.1) is 13.8 Å². The van der Waals surface area contributed by atoms with E-state index < -0.39 is 0 Å². The van der Waals surface area contributed by atoms with Gasteiger partial charge in [-0.1, -0.05) is 31.5 Å². The van der Waals surface area contributed by atoms with Crippen molar-refractivity contribution in [3.8, 4) is 5.69 Å². The lowest BCUT2D eigenvalue weighted by atomic mass is 10.1. The minimum atomic E-state index is 0.00224. The topological polar surface area (TPSA) is 37.8 Å². The Hall–Kier alpha value is -1.48. The van der Waals surface area contributed by atoms with Gasteiger partial charge in [-0.25, -0.2) is 4.68 Å². The second kappa shape index (κ2) is 4.65. The van der Waals surface area contributed by atoms with Gasteiger partial charge in [0.2, 0.25) is 0 Å². The fourth-order valence-electron chi connectivity index (χ4n) is 2.14. The summed E-state index contributed by atoms with van der Waals surface area (Å²) in [6, 6.07) is 5.61. The third kappa shape index (κ3) is 2.10. The van der Waals surface area contributed by atoms with Crippen molar-refractivity contribution >= 4 is 11.6 Å². The van der Waals surface area contributed by atoms with Gasteiger partial charge >= 0.3 is 0 Å². The summed E-state index contributed by atoms with van der Waals surface area (Å²) in [5, 5.41) is 3.77. The number of nitrogens with one attached hydrogen (secondary N) is 1. The van der Waals surface area contributed by atoms with E-state index >= 15 is 0 Å². The van der Waals surface area contributed by atoms with Gasteiger partial charge < -0.3 is 0 Å². The normalized spacial score (nSPS) is 11.2. The van der Waals surface area contributed by atoms with Crippen LogP contribution in [0.4, 0.5) is 0 Å². The van der Waals surface area contributed by atoms with Gasteiger partial charge in [0.1, 0.15) is 0 Å². The maximum Gasteiger partial charge on any atom is 0.274 e. The number of hydrogen-bond donors (Lipinski definition) is 1. The minimum Gasteiger partial charge on any atom is -0.295 e. The molecule has 0 aliphatic rings. The van der Waals surface area contributed by atoms with Crippen molar-refractivity contribution in [1.82, 2.24) is 9.78 Å². The Kier molecular flexibility index (Phi) is 3.35. The number of halogens is 1. The highest BCUT2D eigenvalue weighted by Crippen LogP contribution is 2.20. The molecule has 0 radical (unpaired) electrons. The van der Waals surface area contributed by atoms with Crippen molar-refractivity contribution in [3.63, 3.8) is 0 Å². The molecule has 0 amide bonds. The summed E-state index contributed by atoms with van der Waals surface area (Å²) in [7, 11) is 0. The van der Waals surface area contributed by atoms with Crippen LogP contribution in [-0.2, 0) is 0 Å². The van der Waals surface area contributed by atoms with Crippen LogP contribution in [0.3, 0.4) is 0 Å². The van der Waals surface area contributed by atoms with Crippen molar-refractivity contribution < 1.29 is 0 Å². The Bertz CT molecular complexity index is 638. The van der Waals surface area contributed by atoms with Crippen LogP contribution in [0.1, 0.15) is 36.6 Å². The van der Waals surface area contributed by atoms with E-state index in [1.54, 1.807) is 10.7 Å². The molecule has 18 heavy (non-hydrogen) atoms. The summed E-state index contributed by atoms with van der Waals surface area (Å²) in [5.41, 5.74) is 3.51. The van der Waals surface area contributed by atoms with E-state index in [1.165, 1.54) is 0 Å². The van der Waals surface area contributed by atoms with Crippen molar-refractivity contribution in [1.29, 1.82) is 0 Å². The Labute approximate surface area is 111 Å². The van der Waals surface area contributed by atoms with Gasteiger partial charge in [-0.15, -0.1) is 0 Å². The third-order valence-corrected chi connectivity index (χ3v) is 3.52. The molecule has 4 heteroatoms. The van der Waals surface area contributed by atoms with Crippen molar-refractivity contribution in [2.24, 2.45) is 0 Å². The van der Waals surface area contributed by atoms with Crippen LogP contribution in [0.2, 0.25) is 5.02 Å². The third-order valence-electron chi connectivity index (χ3n) is 3.11. The molecule has 1 aromatic heterocycles. The first-order valence-electron chi connectivity index (χ1n) is 6.00. The highest BCUT2D eigenvalue weighted by molar-refractivity contribution is 6.31. The molecule has 0 saturated heterocycles. The first-order chi connectivity index (χ1) is 8.41. The zero-order valence-electron chi connectivity index (χ0n) is 11.0. The molecular weight excluding hydrogens is 248 g/mol. The number of nitrogens with zero attached hydrogens (tertiary/aromatic N) is 1. The predicted molar refractivity (Wildman–Crippen MR) is 75.0 cm³/mol. The maximum atomic E-state index is 12.3. The van der Waals surface area contributed by atoms with Gasteiger partial charge in [0, 0.05) is 16.3 Å². The Morgan fingerprint density at radius 1 is 1.28 bits per heavy atom. The number of aromatic nitrogens is 2. The average Bonchev–Trinajstić information content (AvgIpc) is 2.58. The molecule has 2 rings (SSSR count). The molecule has 0 aliphatic carbocycles. The molecule has 0 unspecified atom stereocenters. The summed E-state index contributed by atoms with van der Waals surface area (Å²) in [6.07, 6.45) is 0. The smallest absolute Gasteiger partial charge is 0.274 e. The largest absolute Gasteiger partial charge is 0.295 e. The average molecular weight is 265 g/mol. The molecule has 1 heterocycles. The van der Waals surface area contributed by atoms with Gasteiger partial charge in [-0.05, 0) is 37.5 Å². The number of hydrogen-bond acceptors (Lipinski definition) is 1. The zero-order valence-corrected chi connectivity index (χ0v) is 11.8. The quantitative estimate of drug-likeness (QED) is 0.885. The molecule has 1 N–H and O–H groups in total. The molecule has 0 spiro atoms. The number of aromatic amines is 1. The van der Waals surface area contributed by atoms with Gasteiger partial charge in [0.05, 0.1) is 5.69 Å². The van der Waals surface area contributed by atoms with E-state index in [0.29, 0.717) is 5.02 Å². The molecule has 3 nitrogen and oxygen atoms in total. The standard InChI is InChI=1S/C14H17ClN2O/c1-8(2)13-10(4)16-17(14(13)18)11-6-5-9(3)12(15)7-11/h5-8,16H,1-4H3. The molecule has 0 aliphatic heterocycles. The van der Waals surface area contributed by atoms with Crippen molar-refractivity contribution in [2.45, 2.75) is 33.6 Å². The van der Waals surface area contributed by atoms with E-state index in [0.717, 1.165) is 22.5 Å². The second-order valence-corrected chi connectivity index (χ2v) is 5.29. The number of aryl methyl sites for hydroxylation is 2. The van der Waals surface area contributed by atoms with Crippen LogP contribution in [0.5, 0.6) is 0 Å². The first-order valence-corrected chi connectivity index (χ1v) is 6.37. The first kappa shape index (κ1) is 13.0. The summed E-state index contributed by atoms with van der Waals surface area (Å²) in [6.45, 7) is 7.89. The fraction of sp³-hybridized carbons (Fsp3) is 0.357. The van der Waals surface area contributed by atoms with E-state index in [9.17, 15) is 4.79 Å². The molecule has 96 valence electrons. The number of benzene rings is 1. The summed E-state index contributed by atoms with van der Waals surface area (Å²) in [5.74, 6) is 0.205. The minimum absolute atomic E-state index is 0.00224. The molecule has 2 aromatic rings. The summed E-state index contributed by atoms with van der Waals surface area (Å²) < 4.78 is 1.55. The fourth-order valence-corrected chi connectivity index (χ4v) is 2.32. The van der Waals surface area contributed by atoms with E-state index in [1.807, 2.05) is 39.8 Å².